The van der Waals surface area contributed by atoms with Crippen LogP contribution in [0.2, 0.25) is 0 Å². The largest absolute Gasteiger partial charge is 0.491 e. The van der Waals surface area contributed by atoms with Crippen LogP contribution in [-0.2, 0) is 6.54 Å². The van der Waals surface area contributed by atoms with Gasteiger partial charge >= 0.3 is 0 Å². The van der Waals surface area contributed by atoms with Crippen LogP contribution in [0.4, 0.5) is 4.39 Å². The SMILES string of the molecule is CCC(NCc1ccccc1OCCO)c1ccc(F)cn1. The van der Waals surface area contributed by atoms with Crippen LogP contribution < -0.4 is 10.1 Å². The van der Waals surface area contributed by atoms with E-state index in [1.165, 1.54) is 12.3 Å². The van der Waals surface area contributed by atoms with Gasteiger partial charge in [-0.05, 0) is 24.6 Å². The van der Waals surface area contributed by atoms with Crippen molar-refractivity contribution in [1.82, 2.24) is 10.3 Å². The molecule has 1 aromatic heterocycles. The van der Waals surface area contributed by atoms with Gasteiger partial charge in [-0.1, -0.05) is 25.1 Å². The molecule has 0 radical (unpaired) electrons. The highest BCUT2D eigenvalue weighted by atomic mass is 19.1. The average Bonchev–Trinajstić information content (AvgIpc) is 2.56. The minimum Gasteiger partial charge on any atom is -0.491 e. The first-order chi connectivity index (χ1) is 10.7. The molecule has 118 valence electrons. The monoisotopic (exact) mass is 304 g/mol. The molecule has 2 N–H and O–H groups in total. The predicted molar refractivity (Wildman–Crippen MR) is 83.1 cm³/mol. The summed E-state index contributed by atoms with van der Waals surface area (Å²) in [5.74, 6) is 0.423. The van der Waals surface area contributed by atoms with Gasteiger partial charge in [-0.2, -0.15) is 0 Å². The molecule has 5 heteroatoms. The van der Waals surface area contributed by atoms with Crippen molar-refractivity contribution < 1.29 is 14.2 Å². The Kier molecular flexibility index (Phi) is 6.30. The van der Waals surface area contributed by atoms with Gasteiger partial charge in [0.2, 0.25) is 0 Å². The molecule has 0 saturated heterocycles. The van der Waals surface area contributed by atoms with Crippen LogP contribution in [0, 0.1) is 5.82 Å². The van der Waals surface area contributed by atoms with Gasteiger partial charge < -0.3 is 15.2 Å². The minimum atomic E-state index is -0.332. The molecule has 1 heterocycles. The van der Waals surface area contributed by atoms with E-state index in [1.54, 1.807) is 6.07 Å². The highest BCUT2D eigenvalue weighted by Crippen LogP contribution is 2.20. The Labute approximate surface area is 130 Å². The van der Waals surface area contributed by atoms with Crippen LogP contribution in [0.15, 0.2) is 42.6 Å². The summed E-state index contributed by atoms with van der Waals surface area (Å²) in [5, 5.41) is 12.3. The number of hydrogen-bond donors (Lipinski definition) is 2. The number of nitrogens with one attached hydrogen (secondary N) is 1. The van der Waals surface area contributed by atoms with Crippen LogP contribution in [0.3, 0.4) is 0 Å². The van der Waals surface area contributed by atoms with E-state index in [4.69, 9.17) is 9.84 Å². The maximum Gasteiger partial charge on any atom is 0.141 e. The summed E-state index contributed by atoms with van der Waals surface area (Å²) in [6, 6.07) is 10.9. The first kappa shape index (κ1) is 16.4. The van der Waals surface area contributed by atoms with E-state index in [9.17, 15) is 4.39 Å². The van der Waals surface area contributed by atoms with Gasteiger partial charge in [-0.15, -0.1) is 0 Å². The second kappa shape index (κ2) is 8.46. The van der Waals surface area contributed by atoms with E-state index in [1.807, 2.05) is 24.3 Å². The molecular formula is C17H21FN2O2. The Morgan fingerprint density at radius 1 is 1.27 bits per heavy atom. The molecule has 1 atom stereocenters. The summed E-state index contributed by atoms with van der Waals surface area (Å²) < 4.78 is 18.5. The number of nitrogens with zero attached hydrogens (tertiary/aromatic N) is 1. The summed E-state index contributed by atoms with van der Waals surface area (Å²) in [6.45, 7) is 2.92. The summed E-state index contributed by atoms with van der Waals surface area (Å²) in [5.41, 5.74) is 1.83. The van der Waals surface area contributed by atoms with Crippen molar-refractivity contribution in [3.63, 3.8) is 0 Å². The molecule has 1 aromatic carbocycles. The van der Waals surface area contributed by atoms with E-state index in [0.29, 0.717) is 6.54 Å². The second-order valence-electron chi connectivity index (χ2n) is 4.92. The van der Waals surface area contributed by atoms with Crippen LogP contribution in [-0.4, -0.2) is 23.3 Å². The van der Waals surface area contributed by atoms with Gasteiger partial charge in [0, 0.05) is 18.2 Å². The zero-order chi connectivity index (χ0) is 15.8. The van der Waals surface area contributed by atoms with Gasteiger partial charge in [-0.3, -0.25) is 4.98 Å². The lowest BCUT2D eigenvalue weighted by Crippen LogP contribution is -2.21. The van der Waals surface area contributed by atoms with Crippen LogP contribution in [0.1, 0.15) is 30.6 Å². The molecule has 0 saturated carbocycles. The zero-order valence-electron chi connectivity index (χ0n) is 12.6. The first-order valence-electron chi connectivity index (χ1n) is 7.41. The summed E-state index contributed by atoms with van der Waals surface area (Å²) in [7, 11) is 0. The molecule has 0 amide bonds. The fourth-order valence-electron chi connectivity index (χ4n) is 2.23. The summed E-state index contributed by atoms with van der Waals surface area (Å²) >= 11 is 0. The Morgan fingerprint density at radius 3 is 2.77 bits per heavy atom. The highest BCUT2D eigenvalue weighted by Gasteiger charge is 2.11. The lowest BCUT2D eigenvalue weighted by molar-refractivity contribution is 0.200. The van der Waals surface area contributed by atoms with E-state index >= 15 is 0 Å². The maximum atomic E-state index is 13.0. The zero-order valence-corrected chi connectivity index (χ0v) is 12.6. The number of hydrogen-bond acceptors (Lipinski definition) is 4. The van der Waals surface area contributed by atoms with E-state index in [0.717, 1.165) is 23.4 Å². The molecule has 0 spiro atoms. The molecule has 2 aromatic rings. The molecule has 0 aliphatic rings. The minimum absolute atomic E-state index is 0.0150. The lowest BCUT2D eigenvalue weighted by Gasteiger charge is -2.18. The average molecular weight is 304 g/mol. The first-order valence-corrected chi connectivity index (χ1v) is 7.41. The van der Waals surface area contributed by atoms with E-state index in [-0.39, 0.29) is 25.1 Å². The molecule has 2 rings (SSSR count). The Hall–Kier alpha value is -1.98. The third-order valence-electron chi connectivity index (χ3n) is 3.38. The van der Waals surface area contributed by atoms with Gasteiger partial charge in [0.15, 0.2) is 0 Å². The molecule has 4 nitrogen and oxygen atoms in total. The lowest BCUT2D eigenvalue weighted by atomic mass is 10.1. The predicted octanol–water partition coefficient (Wildman–Crippen LogP) is 2.83. The van der Waals surface area contributed by atoms with Crippen LogP contribution in [0.5, 0.6) is 5.75 Å². The van der Waals surface area contributed by atoms with Crippen molar-refractivity contribution in [2.75, 3.05) is 13.2 Å². The van der Waals surface area contributed by atoms with Crippen molar-refractivity contribution in [2.24, 2.45) is 0 Å². The fourth-order valence-corrected chi connectivity index (χ4v) is 2.23. The topological polar surface area (TPSA) is 54.4 Å². The van der Waals surface area contributed by atoms with Crippen molar-refractivity contribution in [3.8, 4) is 5.75 Å². The molecule has 0 bridgehead atoms. The molecule has 1 unspecified atom stereocenters. The Morgan fingerprint density at radius 2 is 2.09 bits per heavy atom. The number of aliphatic hydroxyl groups excluding tert-OH is 1. The quantitative estimate of drug-likeness (QED) is 0.787. The summed E-state index contributed by atoms with van der Waals surface area (Å²) in [6.07, 6.45) is 2.08. The molecule has 0 fully saturated rings. The smallest absolute Gasteiger partial charge is 0.141 e. The molecule has 0 aliphatic carbocycles. The number of rotatable bonds is 8. The van der Waals surface area contributed by atoms with Gasteiger partial charge in [-0.25, -0.2) is 4.39 Å². The van der Waals surface area contributed by atoms with Crippen LogP contribution >= 0.6 is 0 Å². The van der Waals surface area contributed by atoms with Gasteiger partial charge in [0.1, 0.15) is 18.2 Å². The van der Waals surface area contributed by atoms with E-state index < -0.39 is 0 Å². The number of aromatic nitrogens is 1. The second-order valence-corrected chi connectivity index (χ2v) is 4.92. The standard InChI is InChI=1S/C17H21FN2O2/c1-2-15(16-8-7-14(18)12-20-16)19-11-13-5-3-4-6-17(13)22-10-9-21/h3-8,12,15,19,21H,2,9-11H2,1H3. The highest BCUT2D eigenvalue weighted by molar-refractivity contribution is 5.33. The molecular weight excluding hydrogens is 283 g/mol. The number of ether oxygens (including phenoxy) is 1. The molecule has 0 aliphatic heterocycles. The summed E-state index contributed by atoms with van der Waals surface area (Å²) in [4.78, 5) is 4.13. The molecule has 22 heavy (non-hydrogen) atoms. The number of benzene rings is 1. The number of aliphatic hydroxyl groups is 1. The number of pyridine rings is 1. The van der Waals surface area contributed by atoms with Crippen LogP contribution in [0.25, 0.3) is 0 Å². The third-order valence-corrected chi connectivity index (χ3v) is 3.38. The van der Waals surface area contributed by atoms with Gasteiger partial charge in [0.05, 0.1) is 18.5 Å². The van der Waals surface area contributed by atoms with E-state index in [2.05, 4.69) is 17.2 Å². The van der Waals surface area contributed by atoms with Crippen molar-refractivity contribution in [3.05, 3.63) is 59.7 Å². The third kappa shape index (κ3) is 4.51. The number of halogens is 1. The van der Waals surface area contributed by atoms with Crippen molar-refractivity contribution in [1.29, 1.82) is 0 Å². The number of para-hydroxylation sites is 1. The fraction of sp³-hybridized carbons (Fsp3) is 0.353. The Balaban J connectivity index is 2.02. The Bertz CT molecular complexity index is 575. The maximum absolute atomic E-state index is 13.0. The van der Waals surface area contributed by atoms with Crippen molar-refractivity contribution in [2.45, 2.75) is 25.9 Å². The van der Waals surface area contributed by atoms with Crippen molar-refractivity contribution >= 4 is 0 Å². The normalized spacial score (nSPS) is 12.1. The van der Waals surface area contributed by atoms with Gasteiger partial charge in [0.25, 0.3) is 0 Å².